The SMILES string of the molecule is CN(C[C@@]1(O)CCN(c2cc(N(C)C)ncn2)C1)C(=O)c1ccn[nH]1. The second kappa shape index (κ2) is 6.67. The number of H-pyrrole nitrogens is 1. The summed E-state index contributed by atoms with van der Waals surface area (Å²) < 4.78 is 0. The number of nitrogens with zero attached hydrogens (tertiary/aromatic N) is 6. The largest absolute Gasteiger partial charge is 0.386 e. The van der Waals surface area contributed by atoms with Crippen molar-refractivity contribution in [3.63, 3.8) is 0 Å². The minimum absolute atomic E-state index is 0.193. The summed E-state index contributed by atoms with van der Waals surface area (Å²) in [4.78, 5) is 26.3. The lowest BCUT2D eigenvalue weighted by Crippen LogP contribution is -2.46. The summed E-state index contributed by atoms with van der Waals surface area (Å²) in [5, 5.41) is 17.3. The number of amides is 1. The molecule has 25 heavy (non-hydrogen) atoms. The van der Waals surface area contributed by atoms with Gasteiger partial charge in [0.25, 0.3) is 5.91 Å². The van der Waals surface area contributed by atoms with E-state index in [1.54, 1.807) is 13.1 Å². The predicted octanol–water partition coefficient (Wildman–Crippen LogP) is -0.0209. The Labute approximate surface area is 146 Å². The molecule has 2 aromatic rings. The first kappa shape index (κ1) is 17.2. The molecule has 0 radical (unpaired) electrons. The van der Waals surface area contributed by atoms with Crippen LogP contribution in [-0.2, 0) is 0 Å². The number of β-amino-alcohol motifs (C(OH)–C–C–N with tert-alkyl or cyclic N) is 1. The number of hydrogen-bond donors (Lipinski definition) is 2. The molecule has 9 nitrogen and oxygen atoms in total. The van der Waals surface area contributed by atoms with Crippen LogP contribution in [0.3, 0.4) is 0 Å². The molecule has 9 heteroatoms. The van der Waals surface area contributed by atoms with Crippen LogP contribution in [0.15, 0.2) is 24.7 Å². The van der Waals surface area contributed by atoms with Crippen LogP contribution in [-0.4, -0.2) is 82.5 Å². The van der Waals surface area contributed by atoms with Gasteiger partial charge in [0.2, 0.25) is 0 Å². The van der Waals surface area contributed by atoms with Gasteiger partial charge in [0, 0.05) is 46.5 Å². The van der Waals surface area contributed by atoms with Crippen molar-refractivity contribution in [1.82, 2.24) is 25.1 Å². The Morgan fingerprint density at radius 2 is 2.20 bits per heavy atom. The number of hydrogen-bond acceptors (Lipinski definition) is 7. The fourth-order valence-electron chi connectivity index (χ4n) is 3.03. The number of likely N-dealkylation sites (N-methyl/N-ethyl adjacent to an activating group) is 1. The minimum atomic E-state index is -0.979. The smallest absolute Gasteiger partial charge is 0.271 e. The summed E-state index contributed by atoms with van der Waals surface area (Å²) in [5.41, 5.74) is -0.569. The van der Waals surface area contributed by atoms with Crippen LogP contribution in [0, 0.1) is 0 Å². The molecule has 1 aliphatic heterocycles. The number of anilines is 2. The molecule has 3 heterocycles. The molecule has 0 saturated carbocycles. The molecule has 134 valence electrons. The van der Waals surface area contributed by atoms with Gasteiger partial charge in [-0.2, -0.15) is 5.10 Å². The summed E-state index contributed by atoms with van der Waals surface area (Å²) in [6.07, 6.45) is 3.62. The van der Waals surface area contributed by atoms with E-state index >= 15 is 0 Å². The zero-order valence-electron chi connectivity index (χ0n) is 14.7. The Morgan fingerprint density at radius 1 is 1.40 bits per heavy atom. The number of carbonyl (C=O) groups is 1. The molecule has 1 atom stereocenters. The van der Waals surface area contributed by atoms with E-state index < -0.39 is 5.60 Å². The first-order chi connectivity index (χ1) is 11.9. The van der Waals surface area contributed by atoms with Crippen molar-refractivity contribution in [2.24, 2.45) is 0 Å². The summed E-state index contributed by atoms with van der Waals surface area (Å²) >= 11 is 0. The van der Waals surface area contributed by atoms with E-state index in [1.165, 1.54) is 17.4 Å². The van der Waals surface area contributed by atoms with Crippen LogP contribution >= 0.6 is 0 Å². The zero-order valence-corrected chi connectivity index (χ0v) is 14.7. The van der Waals surface area contributed by atoms with Gasteiger partial charge >= 0.3 is 0 Å². The molecule has 0 aromatic carbocycles. The van der Waals surface area contributed by atoms with Gasteiger partial charge in [0.1, 0.15) is 29.3 Å². The first-order valence-electron chi connectivity index (χ1n) is 8.09. The molecular formula is C16H23N7O2. The third-order valence-electron chi connectivity index (χ3n) is 4.36. The van der Waals surface area contributed by atoms with Crippen LogP contribution in [0.4, 0.5) is 11.6 Å². The molecule has 0 bridgehead atoms. The van der Waals surface area contributed by atoms with Crippen molar-refractivity contribution in [1.29, 1.82) is 0 Å². The van der Waals surface area contributed by atoms with E-state index in [-0.39, 0.29) is 12.5 Å². The van der Waals surface area contributed by atoms with Crippen LogP contribution in [0.1, 0.15) is 16.9 Å². The summed E-state index contributed by atoms with van der Waals surface area (Å²) in [7, 11) is 5.52. The number of aromatic amines is 1. The third-order valence-corrected chi connectivity index (χ3v) is 4.36. The minimum Gasteiger partial charge on any atom is -0.386 e. The lowest BCUT2D eigenvalue weighted by atomic mass is 10.0. The molecule has 3 rings (SSSR count). The van der Waals surface area contributed by atoms with E-state index in [9.17, 15) is 9.90 Å². The van der Waals surface area contributed by atoms with Gasteiger partial charge in [-0.15, -0.1) is 0 Å². The van der Waals surface area contributed by atoms with Crippen molar-refractivity contribution in [3.8, 4) is 0 Å². The van der Waals surface area contributed by atoms with Crippen molar-refractivity contribution < 1.29 is 9.90 Å². The average Bonchev–Trinajstić information content (AvgIpc) is 3.24. The fraction of sp³-hybridized carbons (Fsp3) is 0.500. The maximum absolute atomic E-state index is 12.3. The van der Waals surface area contributed by atoms with Crippen LogP contribution < -0.4 is 9.80 Å². The number of carbonyl (C=O) groups excluding carboxylic acids is 1. The summed E-state index contributed by atoms with van der Waals surface area (Å²) in [5.74, 6) is 1.39. The lowest BCUT2D eigenvalue weighted by molar-refractivity contribution is 0.0262. The van der Waals surface area contributed by atoms with E-state index in [2.05, 4.69) is 20.2 Å². The van der Waals surface area contributed by atoms with Crippen molar-refractivity contribution in [2.45, 2.75) is 12.0 Å². The van der Waals surface area contributed by atoms with Crippen LogP contribution in [0.25, 0.3) is 0 Å². The summed E-state index contributed by atoms with van der Waals surface area (Å²) in [6, 6.07) is 3.51. The van der Waals surface area contributed by atoms with Crippen molar-refractivity contribution >= 4 is 17.5 Å². The fourth-order valence-corrected chi connectivity index (χ4v) is 3.03. The van der Waals surface area contributed by atoms with E-state index in [1.807, 2.05) is 30.0 Å². The van der Waals surface area contributed by atoms with Gasteiger partial charge in [-0.25, -0.2) is 9.97 Å². The number of rotatable bonds is 5. The molecule has 0 unspecified atom stereocenters. The Morgan fingerprint density at radius 3 is 2.88 bits per heavy atom. The lowest BCUT2D eigenvalue weighted by Gasteiger charge is -2.29. The molecule has 1 fully saturated rings. The Bertz CT molecular complexity index is 734. The molecule has 1 aliphatic rings. The van der Waals surface area contributed by atoms with Crippen LogP contribution in [0.2, 0.25) is 0 Å². The zero-order chi connectivity index (χ0) is 18.0. The standard InChI is InChI=1S/C16H23N7O2/c1-21(2)13-8-14(18-11-17-13)23-7-5-16(25,10-23)9-22(3)15(24)12-4-6-19-20-12/h4,6,8,11,25H,5,7,9-10H2,1-3H3,(H,19,20)/t16-/m0/s1. The molecular weight excluding hydrogens is 322 g/mol. The number of aromatic nitrogens is 4. The molecule has 0 aliphatic carbocycles. The van der Waals surface area contributed by atoms with Gasteiger partial charge in [-0.05, 0) is 12.5 Å². The van der Waals surface area contributed by atoms with E-state index in [0.717, 1.165) is 11.6 Å². The third kappa shape index (κ3) is 3.71. The monoisotopic (exact) mass is 345 g/mol. The first-order valence-corrected chi connectivity index (χ1v) is 8.09. The molecule has 0 spiro atoms. The highest BCUT2D eigenvalue weighted by molar-refractivity contribution is 5.92. The molecule has 1 amide bonds. The number of aliphatic hydroxyl groups is 1. The van der Waals surface area contributed by atoms with Gasteiger partial charge in [0.15, 0.2) is 0 Å². The quantitative estimate of drug-likeness (QED) is 0.785. The van der Waals surface area contributed by atoms with Gasteiger partial charge in [-0.3, -0.25) is 9.89 Å². The maximum atomic E-state index is 12.3. The number of nitrogens with one attached hydrogen (secondary N) is 1. The van der Waals surface area contributed by atoms with Crippen molar-refractivity contribution in [3.05, 3.63) is 30.4 Å². The topological polar surface area (TPSA) is 101 Å². The molecule has 2 aromatic heterocycles. The van der Waals surface area contributed by atoms with Gasteiger partial charge < -0.3 is 19.8 Å². The second-order valence-corrected chi connectivity index (χ2v) is 6.66. The Kier molecular flexibility index (Phi) is 4.58. The van der Waals surface area contributed by atoms with Crippen LogP contribution in [0.5, 0.6) is 0 Å². The van der Waals surface area contributed by atoms with Gasteiger partial charge in [0.05, 0.1) is 6.54 Å². The predicted molar refractivity (Wildman–Crippen MR) is 93.7 cm³/mol. The highest BCUT2D eigenvalue weighted by atomic mass is 16.3. The summed E-state index contributed by atoms with van der Waals surface area (Å²) in [6.45, 7) is 1.33. The Hall–Kier alpha value is -2.68. The Balaban J connectivity index is 1.66. The normalized spacial score (nSPS) is 19.9. The van der Waals surface area contributed by atoms with Crippen molar-refractivity contribution in [2.75, 3.05) is 50.6 Å². The highest BCUT2D eigenvalue weighted by Crippen LogP contribution is 2.27. The molecule has 2 N–H and O–H groups in total. The second-order valence-electron chi connectivity index (χ2n) is 6.66. The highest BCUT2D eigenvalue weighted by Gasteiger charge is 2.38. The van der Waals surface area contributed by atoms with Gasteiger partial charge in [-0.1, -0.05) is 0 Å². The van der Waals surface area contributed by atoms with E-state index in [4.69, 9.17) is 0 Å². The average molecular weight is 345 g/mol. The maximum Gasteiger partial charge on any atom is 0.271 e. The molecule has 1 saturated heterocycles. The van der Waals surface area contributed by atoms with E-state index in [0.29, 0.717) is 25.2 Å².